The number of hydrogen-bond donors (Lipinski definition) is 0. The summed E-state index contributed by atoms with van der Waals surface area (Å²) in [5.41, 5.74) is 1.26. The second-order valence-corrected chi connectivity index (χ2v) is 5.01. The second-order valence-electron chi connectivity index (χ2n) is 5.01. The number of nitrogens with zero attached hydrogens (tertiary/aromatic N) is 4. The second kappa shape index (κ2) is 7.24. The average molecular weight is 322 g/mol. The fourth-order valence-corrected chi connectivity index (χ4v) is 2.24. The van der Waals surface area contributed by atoms with Crippen LogP contribution in [0.25, 0.3) is 11.4 Å². The first-order chi connectivity index (χ1) is 11.8. The SMILES string of the molecule is N#Cc1cccc(OCCCn2c(-c3cccnc3)noc2=O)c1. The molecule has 0 amide bonds. The predicted octanol–water partition coefficient (Wildman–Crippen LogP) is 2.24. The normalized spacial score (nSPS) is 10.3. The van der Waals surface area contributed by atoms with Crippen LogP contribution in [0.2, 0.25) is 0 Å². The van der Waals surface area contributed by atoms with E-state index in [9.17, 15) is 4.79 Å². The molecule has 0 radical (unpaired) electrons. The molecule has 0 saturated heterocycles. The van der Waals surface area contributed by atoms with Crippen molar-refractivity contribution in [1.29, 1.82) is 5.26 Å². The molecular formula is C17H14N4O3. The molecule has 3 aromatic rings. The van der Waals surface area contributed by atoms with Crippen LogP contribution in [0.1, 0.15) is 12.0 Å². The van der Waals surface area contributed by atoms with Crippen molar-refractivity contribution in [3.05, 3.63) is 64.9 Å². The number of benzene rings is 1. The van der Waals surface area contributed by atoms with Gasteiger partial charge in [-0.3, -0.25) is 14.1 Å². The van der Waals surface area contributed by atoms with Gasteiger partial charge in [0.2, 0.25) is 0 Å². The molecule has 120 valence electrons. The Balaban J connectivity index is 1.62. The highest BCUT2D eigenvalue weighted by Gasteiger charge is 2.12. The summed E-state index contributed by atoms with van der Waals surface area (Å²) in [6, 6.07) is 12.6. The van der Waals surface area contributed by atoms with E-state index in [0.29, 0.717) is 42.3 Å². The fourth-order valence-electron chi connectivity index (χ4n) is 2.24. The Bertz CT molecular complexity index is 909. The number of nitriles is 1. The molecule has 7 heteroatoms. The van der Waals surface area contributed by atoms with E-state index < -0.39 is 5.76 Å². The summed E-state index contributed by atoms with van der Waals surface area (Å²) in [6.07, 6.45) is 3.86. The van der Waals surface area contributed by atoms with Gasteiger partial charge >= 0.3 is 5.76 Å². The van der Waals surface area contributed by atoms with E-state index in [4.69, 9.17) is 14.5 Å². The van der Waals surface area contributed by atoms with Crippen LogP contribution in [-0.2, 0) is 6.54 Å². The van der Waals surface area contributed by atoms with Gasteiger partial charge in [-0.25, -0.2) is 4.79 Å². The largest absolute Gasteiger partial charge is 0.493 e. The molecule has 7 nitrogen and oxygen atoms in total. The third-order valence-corrected chi connectivity index (χ3v) is 3.36. The van der Waals surface area contributed by atoms with Gasteiger partial charge < -0.3 is 4.74 Å². The zero-order valence-electron chi connectivity index (χ0n) is 12.8. The van der Waals surface area contributed by atoms with Crippen LogP contribution < -0.4 is 10.5 Å². The Kier molecular flexibility index (Phi) is 4.68. The molecule has 3 rings (SSSR count). The maximum atomic E-state index is 11.8. The van der Waals surface area contributed by atoms with Crippen molar-refractivity contribution in [3.63, 3.8) is 0 Å². The molecule has 2 aromatic heterocycles. The van der Waals surface area contributed by atoms with Gasteiger partial charge in [-0.05, 0) is 36.8 Å². The maximum Gasteiger partial charge on any atom is 0.441 e. The van der Waals surface area contributed by atoms with Crippen molar-refractivity contribution in [2.45, 2.75) is 13.0 Å². The standard InChI is InChI=1S/C17H14N4O3/c18-11-13-4-1-6-15(10-13)23-9-3-8-21-16(20-24-17(21)22)14-5-2-7-19-12-14/h1-2,4-7,10,12H,3,8-9H2. The molecule has 0 aliphatic rings. The Morgan fingerprint density at radius 1 is 1.29 bits per heavy atom. The van der Waals surface area contributed by atoms with Crippen molar-refractivity contribution in [2.75, 3.05) is 6.61 Å². The highest BCUT2D eigenvalue weighted by Crippen LogP contribution is 2.15. The Labute approximate surface area is 137 Å². The van der Waals surface area contributed by atoms with Crippen LogP contribution in [0.5, 0.6) is 5.75 Å². The minimum atomic E-state index is -0.514. The van der Waals surface area contributed by atoms with E-state index in [0.717, 1.165) is 0 Å². The highest BCUT2D eigenvalue weighted by atomic mass is 16.5. The molecule has 24 heavy (non-hydrogen) atoms. The van der Waals surface area contributed by atoms with Crippen LogP contribution in [-0.4, -0.2) is 21.3 Å². The van der Waals surface area contributed by atoms with Crippen molar-refractivity contribution in [1.82, 2.24) is 14.7 Å². The van der Waals surface area contributed by atoms with Gasteiger partial charge in [0.25, 0.3) is 0 Å². The molecule has 0 aliphatic heterocycles. The average Bonchev–Trinajstić information content (AvgIpc) is 3.00. The van der Waals surface area contributed by atoms with Gasteiger partial charge in [0, 0.05) is 24.5 Å². The zero-order valence-corrected chi connectivity index (χ0v) is 12.8. The lowest BCUT2D eigenvalue weighted by molar-refractivity contribution is 0.298. The highest BCUT2D eigenvalue weighted by molar-refractivity contribution is 5.52. The Hall–Kier alpha value is -3.40. The predicted molar refractivity (Wildman–Crippen MR) is 85.3 cm³/mol. The molecule has 0 saturated carbocycles. The van der Waals surface area contributed by atoms with Gasteiger partial charge in [0.15, 0.2) is 5.82 Å². The quantitative estimate of drug-likeness (QED) is 0.646. The monoisotopic (exact) mass is 322 g/mol. The van der Waals surface area contributed by atoms with Crippen LogP contribution in [0.3, 0.4) is 0 Å². The van der Waals surface area contributed by atoms with E-state index in [1.54, 1.807) is 42.7 Å². The lowest BCUT2D eigenvalue weighted by atomic mass is 10.2. The summed E-state index contributed by atoms with van der Waals surface area (Å²) in [5, 5.41) is 12.7. The number of rotatable bonds is 6. The van der Waals surface area contributed by atoms with E-state index >= 15 is 0 Å². The third-order valence-electron chi connectivity index (χ3n) is 3.36. The molecular weight excluding hydrogens is 308 g/mol. The molecule has 0 bridgehead atoms. The van der Waals surface area contributed by atoms with E-state index in [1.165, 1.54) is 4.57 Å². The molecule has 0 aliphatic carbocycles. The first kappa shape index (κ1) is 15.5. The number of aromatic nitrogens is 3. The van der Waals surface area contributed by atoms with Crippen LogP contribution in [0.4, 0.5) is 0 Å². The number of pyridine rings is 1. The molecule has 0 N–H and O–H groups in total. The van der Waals surface area contributed by atoms with Gasteiger partial charge in [0.1, 0.15) is 5.75 Å². The van der Waals surface area contributed by atoms with Gasteiger partial charge in [-0.15, -0.1) is 0 Å². The topological polar surface area (TPSA) is 93.9 Å². The summed E-state index contributed by atoms with van der Waals surface area (Å²) >= 11 is 0. The molecule has 0 unspecified atom stereocenters. The molecule has 0 spiro atoms. The minimum absolute atomic E-state index is 0.402. The number of ether oxygens (including phenoxy) is 1. The molecule has 1 aromatic carbocycles. The Morgan fingerprint density at radius 3 is 3.00 bits per heavy atom. The lowest BCUT2D eigenvalue weighted by Crippen LogP contribution is -2.17. The molecule has 0 atom stereocenters. The van der Waals surface area contributed by atoms with Gasteiger partial charge in [-0.1, -0.05) is 11.2 Å². The van der Waals surface area contributed by atoms with Crippen molar-refractivity contribution in [3.8, 4) is 23.2 Å². The fraction of sp³-hybridized carbons (Fsp3) is 0.176. The van der Waals surface area contributed by atoms with Gasteiger partial charge in [-0.2, -0.15) is 5.26 Å². The van der Waals surface area contributed by atoms with Crippen molar-refractivity contribution >= 4 is 0 Å². The summed E-state index contributed by atoms with van der Waals surface area (Å²) in [5.74, 6) is 0.555. The number of hydrogen-bond acceptors (Lipinski definition) is 6. The smallest absolute Gasteiger partial charge is 0.441 e. The summed E-state index contributed by atoms with van der Waals surface area (Å²) in [7, 11) is 0. The molecule has 2 heterocycles. The van der Waals surface area contributed by atoms with E-state index in [1.807, 2.05) is 6.07 Å². The van der Waals surface area contributed by atoms with Crippen molar-refractivity contribution < 1.29 is 9.26 Å². The zero-order chi connectivity index (χ0) is 16.8. The third kappa shape index (κ3) is 3.50. The Morgan fingerprint density at radius 2 is 2.21 bits per heavy atom. The lowest BCUT2D eigenvalue weighted by Gasteiger charge is -2.07. The van der Waals surface area contributed by atoms with Gasteiger partial charge in [0.05, 0.1) is 18.2 Å². The van der Waals surface area contributed by atoms with Crippen LogP contribution in [0.15, 0.2) is 58.1 Å². The maximum absolute atomic E-state index is 11.8. The van der Waals surface area contributed by atoms with E-state index in [2.05, 4.69) is 16.2 Å². The summed E-state index contributed by atoms with van der Waals surface area (Å²) in [4.78, 5) is 15.8. The van der Waals surface area contributed by atoms with Crippen LogP contribution in [0, 0.1) is 11.3 Å². The first-order valence-electron chi connectivity index (χ1n) is 7.38. The minimum Gasteiger partial charge on any atom is -0.493 e. The first-order valence-corrected chi connectivity index (χ1v) is 7.38. The van der Waals surface area contributed by atoms with E-state index in [-0.39, 0.29) is 0 Å². The van der Waals surface area contributed by atoms with Crippen molar-refractivity contribution in [2.24, 2.45) is 0 Å². The summed E-state index contributed by atoms with van der Waals surface area (Å²) in [6.45, 7) is 0.809. The van der Waals surface area contributed by atoms with Crippen LogP contribution >= 0.6 is 0 Å². The molecule has 0 fully saturated rings. The summed E-state index contributed by atoms with van der Waals surface area (Å²) < 4.78 is 11.8.